The summed E-state index contributed by atoms with van der Waals surface area (Å²) < 4.78 is 5.70. The zero-order valence-corrected chi connectivity index (χ0v) is 11.2. The lowest BCUT2D eigenvalue weighted by atomic mass is 9.95. The summed E-state index contributed by atoms with van der Waals surface area (Å²) in [6.45, 7) is 0. The Balaban J connectivity index is 2.24. The van der Waals surface area contributed by atoms with Gasteiger partial charge in [-0.15, -0.1) is 0 Å². The lowest BCUT2D eigenvalue weighted by Crippen LogP contribution is -2.34. The number of aldehydes is 1. The summed E-state index contributed by atoms with van der Waals surface area (Å²) in [5.41, 5.74) is 0.310. The summed E-state index contributed by atoms with van der Waals surface area (Å²) in [4.78, 5) is 11.0. The van der Waals surface area contributed by atoms with E-state index in [9.17, 15) is 9.90 Å². The predicted molar refractivity (Wildman–Crippen MR) is 70.7 cm³/mol. The first-order valence-electron chi connectivity index (χ1n) is 5.90. The molecule has 0 spiro atoms. The minimum atomic E-state index is -0.509. The van der Waals surface area contributed by atoms with Crippen molar-refractivity contribution < 1.29 is 14.6 Å². The van der Waals surface area contributed by atoms with Gasteiger partial charge in [0.1, 0.15) is 11.9 Å². The van der Waals surface area contributed by atoms with Crippen LogP contribution in [0.2, 0.25) is 10.0 Å². The number of hydrogen-bond donors (Lipinski definition) is 1. The first kappa shape index (κ1) is 13.7. The van der Waals surface area contributed by atoms with E-state index in [4.69, 9.17) is 27.9 Å². The molecule has 1 aromatic carbocycles. The zero-order valence-electron chi connectivity index (χ0n) is 9.73. The number of aliphatic hydroxyl groups is 1. The van der Waals surface area contributed by atoms with Crippen LogP contribution in [0.15, 0.2) is 12.1 Å². The van der Waals surface area contributed by atoms with Crippen LogP contribution in [-0.2, 0) is 0 Å². The van der Waals surface area contributed by atoms with Gasteiger partial charge in [0, 0.05) is 5.02 Å². The highest BCUT2D eigenvalue weighted by Gasteiger charge is 2.26. The summed E-state index contributed by atoms with van der Waals surface area (Å²) in [5.74, 6) is 0.307. The molecule has 0 radical (unpaired) electrons. The van der Waals surface area contributed by atoms with E-state index in [1.54, 1.807) is 0 Å². The fourth-order valence-corrected chi connectivity index (χ4v) is 2.71. The number of benzene rings is 1. The molecule has 3 nitrogen and oxygen atoms in total. The van der Waals surface area contributed by atoms with Crippen molar-refractivity contribution in [1.29, 1.82) is 0 Å². The first-order valence-corrected chi connectivity index (χ1v) is 6.66. The molecule has 2 atom stereocenters. The number of carbonyl (C=O) groups is 1. The van der Waals surface area contributed by atoms with Crippen LogP contribution in [0.1, 0.15) is 36.0 Å². The number of carbonyl (C=O) groups excluding carboxylic acids is 1. The van der Waals surface area contributed by atoms with Crippen LogP contribution in [0.3, 0.4) is 0 Å². The fraction of sp³-hybridized carbons (Fsp3) is 0.462. The van der Waals surface area contributed by atoms with Gasteiger partial charge >= 0.3 is 0 Å². The van der Waals surface area contributed by atoms with E-state index in [1.807, 2.05) is 0 Å². The van der Waals surface area contributed by atoms with Gasteiger partial charge in [0.25, 0.3) is 0 Å². The van der Waals surface area contributed by atoms with E-state index < -0.39 is 6.10 Å². The number of rotatable bonds is 3. The van der Waals surface area contributed by atoms with Crippen LogP contribution in [0, 0.1) is 0 Å². The molecule has 0 aliphatic heterocycles. The van der Waals surface area contributed by atoms with Gasteiger partial charge < -0.3 is 9.84 Å². The maximum atomic E-state index is 11.0. The minimum Gasteiger partial charge on any atom is -0.485 e. The van der Waals surface area contributed by atoms with Crippen molar-refractivity contribution in [1.82, 2.24) is 0 Å². The largest absolute Gasteiger partial charge is 0.485 e. The molecule has 1 aromatic rings. The molecule has 0 amide bonds. The highest BCUT2D eigenvalue weighted by molar-refractivity contribution is 6.36. The van der Waals surface area contributed by atoms with Gasteiger partial charge in [0.2, 0.25) is 0 Å². The molecular formula is C13H14Cl2O3. The van der Waals surface area contributed by atoms with Gasteiger partial charge in [0.15, 0.2) is 6.29 Å². The smallest absolute Gasteiger partial charge is 0.153 e. The molecule has 0 aromatic heterocycles. The van der Waals surface area contributed by atoms with Crippen molar-refractivity contribution in [3.8, 4) is 5.75 Å². The Morgan fingerprint density at radius 3 is 2.67 bits per heavy atom. The molecule has 0 bridgehead atoms. The standard InChI is InChI=1S/C13H14Cl2O3/c14-9-5-8(7-16)13(10(15)6-9)18-12-4-2-1-3-11(12)17/h5-7,11-12,17H,1-4H2. The van der Waals surface area contributed by atoms with Gasteiger partial charge in [-0.3, -0.25) is 4.79 Å². The summed E-state index contributed by atoms with van der Waals surface area (Å²) in [5, 5.41) is 10.5. The maximum Gasteiger partial charge on any atom is 0.153 e. The Hall–Kier alpha value is -0.770. The van der Waals surface area contributed by atoms with Gasteiger partial charge in [0.05, 0.1) is 16.7 Å². The zero-order chi connectivity index (χ0) is 13.1. The number of hydrogen-bond acceptors (Lipinski definition) is 3. The molecule has 0 heterocycles. The predicted octanol–water partition coefficient (Wildman–Crippen LogP) is 3.49. The average Bonchev–Trinajstić information content (AvgIpc) is 2.34. The molecular weight excluding hydrogens is 275 g/mol. The third-order valence-electron chi connectivity index (χ3n) is 3.10. The van der Waals surface area contributed by atoms with Crippen molar-refractivity contribution in [2.75, 3.05) is 0 Å². The molecule has 1 fully saturated rings. The van der Waals surface area contributed by atoms with E-state index >= 15 is 0 Å². The first-order chi connectivity index (χ1) is 8.61. The van der Waals surface area contributed by atoms with Crippen LogP contribution in [0.5, 0.6) is 5.75 Å². The molecule has 1 aliphatic carbocycles. The fourth-order valence-electron chi connectivity index (χ4n) is 2.16. The van der Waals surface area contributed by atoms with Crippen molar-refractivity contribution >= 4 is 29.5 Å². The highest BCUT2D eigenvalue weighted by atomic mass is 35.5. The van der Waals surface area contributed by atoms with Crippen molar-refractivity contribution in [3.63, 3.8) is 0 Å². The Labute approximate surface area is 116 Å². The van der Waals surface area contributed by atoms with Crippen LogP contribution in [0.4, 0.5) is 0 Å². The quantitative estimate of drug-likeness (QED) is 0.866. The molecule has 98 valence electrons. The van der Waals surface area contributed by atoms with E-state index in [2.05, 4.69) is 0 Å². The van der Waals surface area contributed by atoms with Crippen LogP contribution in [0.25, 0.3) is 0 Å². The van der Waals surface area contributed by atoms with Gasteiger partial charge in [-0.25, -0.2) is 0 Å². The Morgan fingerprint density at radius 1 is 1.28 bits per heavy atom. The van der Waals surface area contributed by atoms with Gasteiger partial charge in [-0.05, 0) is 31.4 Å². The van der Waals surface area contributed by atoms with Crippen molar-refractivity contribution in [3.05, 3.63) is 27.7 Å². The monoisotopic (exact) mass is 288 g/mol. The minimum absolute atomic E-state index is 0.294. The molecule has 1 saturated carbocycles. The normalized spacial score (nSPS) is 23.7. The molecule has 0 saturated heterocycles. The lowest BCUT2D eigenvalue weighted by Gasteiger charge is -2.29. The SMILES string of the molecule is O=Cc1cc(Cl)cc(Cl)c1OC1CCCCC1O. The number of ether oxygens (including phenoxy) is 1. The van der Waals surface area contributed by atoms with E-state index in [0.717, 1.165) is 19.3 Å². The third-order valence-corrected chi connectivity index (χ3v) is 3.60. The molecule has 1 N–H and O–H groups in total. The van der Waals surface area contributed by atoms with Crippen LogP contribution in [-0.4, -0.2) is 23.6 Å². The molecule has 2 unspecified atom stereocenters. The Bertz CT molecular complexity index is 448. The van der Waals surface area contributed by atoms with E-state index in [1.165, 1.54) is 12.1 Å². The molecule has 1 aliphatic rings. The topological polar surface area (TPSA) is 46.5 Å². The summed E-state index contributed by atoms with van der Waals surface area (Å²) >= 11 is 11.9. The molecule has 18 heavy (non-hydrogen) atoms. The second-order valence-corrected chi connectivity index (χ2v) is 5.28. The number of halogens is 2. The summed E-state index contributed by atoms with van der Waals surface area (Å²) in [6.07, 6.45) is 3.31. The summed E-state index contributed by atoms with van der Waals surface area (Å²) in [7, 11) is 0. The van der Waals surface area contributed by atoms with E-state index in [-0.39, 0.29) is 6.10 Å². The maximum absolute atomic E-state index is 11.0. The van der Waals surface area contributed by atoms with Crippen molar-refractivity contribution in [2.24, 2.45) is 0 Å². The van der Waals surface area contributed by atoms with Gasteiger partial charge in [-0.1, -0.05) is 29.6 Å². The number of aliphatic hydroxyl groups excluding tert-OH is 1. The second kappa shape index (κ2) is 5.91. The van der Waals surface area contributed by atoms with E-state index in [0.29, 0.717) is 34.1 Å². The highest BCUT2D eigenvalue weighted by Crippen LogP contribution is 2.34. The lowest BCUT2D eigenvalue weighted by molar-refractivity contribution is 0.00664. The Morgan fingerprint density at radius 2 is 2.00 bits per heavy atom. The summed E-state index contributed by atoms with van der Waals surface area (Å²) in [6, 6.07) is 3.03. The van der Waals surface area contributed by atoms with Crippen LogP contribution >= 0.6 is 23.2 Å². The molecule has 2 rings (SSSR count). The Kier molecular flexibility index (Phi) is 4.49. The van der Waals surface area contributed by atoms with Crippen LogP contribution < -0.4 is 4.74 Å². The average molecular weight is 289 g/mol. The molecule has 5 heteroatoms. The third kappa shape index (κ3) is 2.97. The van der Waals surface area contributed by atoms with Gasteiger partial charge in [-0.2, -0.15) is 0 Å². The van der Waals surface area contributed by atoms with Crippen molar-refractivity contribution in [2.45, 2.75) is 37.9 Å². The second-order valence-electron chi connectivity index (χ2n) is 4.43.